The lowest BCUT2D eigenvalue weighted by Gasteiger charge is -2.43. The smallest absolute Gasteiger partial charge is 0.0701 e. The summed E-state index contributed by atoms with van der Waals surface area (Å²) in [4.78, 5) is 2.52. The van der Waals surface area contributed by atoms with Gasteiger partial charge in [0.15, 0.2) is 0 Å². The Morgan fingerprint density at radius 1 is 1.25 bits per heavy atom. The van der Waals surface area contributed by atoms with Crippen LogP contribution in [-0.4, -0.2) is 48.5 Å². The number of likely N-dealkylation sites (tertiary alicyclic amines) is 1. The number of nitriles is 1. The van der Waals surface area contributed by atoms with Crippen LogP contribution in [0.1, 0.15) is 45.4 Å². The van der Waals surface area contributed by atoms with Crippen LogP contribution in [0.2, 0.25) is 0 Å². The molecule has 2 fully saturated rings. The maximum atomic E-state index is 9.39. The van der Waals surface area contributed by atoms with E-state index in [1.54, 1.807) is 0 Å². The molecule has 1 aliphatic carbocycles. The maximum absolute atomic E-state index is 9.39. The highest BCUT2D eigenvalue weighted by Crippen LogP contribution is 2.35. The van der Waals surface area contributed by atoms with Gasteiger partial charge in [0.1, 0.15) is 0 Å². The second-order valence-corrected chi connectivity index (χ2v) is 6.22. The Kier molecular flexibility index (Phi) is 6.28. The van der Waals surface area contributed by atoms with E-state index in [0.29, 0.717) is 18.8 Å². The van der Waals surface area contributed by atoms with Crippen molar-refractivity contribution >= 4 is 0 Å². The highest BCUT2D eigenvalue weighted by molar-refractivity contribution is 4.98. The SMILES string of the molecule is CCC1CCC(C#N)C(N2CCC(OCCO)CC2)C1. The van der Waals surface area contributed by atoms with Crippen LogP contribution in [0.3, 0.4) is 0 Å². The summed E-state index contributed by atoms with van der Waals surface area (Å²) in [5, 5.41) is 18.2. The summed E-state index contributed by atoms with van der Waals surface area (Å²) in [5.74, 6) is 1.01. The number of hydrogen-bond donors (Lipinski definition) is 1. The molecule has 3 atom stereocenters. The van der Waals surface area contributed by atoms with Gasteiger partial charge in [-0.1, -0.05) is 13.3 Å². The van der Waals surface area contributed by atoms with Gasteiger partial charge in [-0.3, -0.25) is 4.90 Å². The monoisotopic (exact) mass is 280 g/mol. The van der Waals surface area contributed by atoms with Crippen molar-refractivity contribution in [1.82, 2.24) is 4.90 Å². The molecule has 4 nitrogen and oxygen atoms in total. The molecule has 1 saturated heterocycles. The van der Waals surface area contributed by atoms with E-state index in [4.69, 9.17) is 9.84 Å². The zero-order chi connectivity index (χ0) is 14.4. The van der Waals surface area contributed by atoms with E-state index in [0.717, 1.165) is 38.3 Å². The fourth-order valence-electron chi connectivity index (χ4n) is 3.75. The molecule has 114 valence electrons. The number of aliphatic hydroxyl groups excluding tert-OH is 1. The average Bonchev–Trinajstić information content (AvgIpc) is 2.52. The van der Waals surface area contributed by atoms with Gasteiger partial charge in [0, 0.05) is 19.1 Å². The molecule has 0 spiro atoms. The van der Waals surface area contributed by atoms with Gasteiger partial charge in [-0.05, 0) is 38.0 Å². The topological polar surface area (TPSA) is 56.5 Å². The van der Waals surface area contributed by atoms with Gasteiger partial charge in [0.05, 0.1) is 31.3 Å². The van der Waals surface area contributed by atoms with Crippen LogP contribution in [0.25, 0.3) is 0 Å². The quantitative estimate of drug-likeness (QED) is 0.838. The summed E-state index contributed by atoms with van der Waals surface area (Å²) in [5.41, 5.74) is 0. The van der Waals surface area contributed by atoms with Gasteiger partial charge in [-0.25, -0.2) is 0 Å². The molecular formula is C16H28N2O2. The van der Waals surface area contributed by atoms with Crippen molar-refractivity contribution in [2.24, 2.45) is 11.8 Å². The van der Waals surface area contributed by atoms with Crippen LogP contribution in [0.15, 0.2) is 0 Å². The largest absolute Gasteiger partial charge is 0.394 e. The molecule has 0 aromatic heterocycles. The van der Waals surface area contributed by atoms with E-state index in [9.17, 15) is 5.26 Å². The second-order valence-electron chi connectivity index (χ2n) is 6.22. The molecule has 3 unspecified atom stereocenters. The Morgan fingerprint density at radius 3 is 2.60 bits per heavy atom. The van der Waals surface area contributed by atoms with E-state index >= 15 is 0 Å². The number of ether oxygens (including phenoxy) is 1. The zero-order valence-corrected chi connectivity index (χ0v) is 12.6. The van der Waals surface area contributed by atoms with Crippen LogP contribution in [0.4, 0.5) is 0 Å². The van der Waals surface area contributed by atoms with Crippen molar-refractivity contribution in [3.8, 4) is 6.07 Å². The van der Waals surface area contributed by atoms with E-state index in [1.807, 2.05) is 0 Å². The van der Waals surface area contributed by atoms with Gasteiger partial charge in [0.25, 0.3) is 0 Å². The predicted octanol–water partition coefficient (Wildman–Crippen LogP) is 2.18. The molecular weight excluding hydrogens is 252 g/mol. The Morgan fingerprint density at radius 2 is 2.00 bits per heavy atom. The Balaban J connectivity index is 1.85. The molecule has 1 saturated carbocycles. The summed E-state index contributed by atoms with van der Waals surface area (Å²) in [6.07, 6.45) is 7.09. The molecule has 20 heavy (non-hydrogen) atoms. The van der Waals surface area contributed by atoms with Gasteiger partial charge < -0.3 is 9.84 Å². The number of rotatable bonds is 5. The summed E-state index contributed by atoms with van der Waals surface area (Å²) in [6.45, 7) is 4.90. The molecule has 0 radical (unpaired) electrons. The van der Waals surface area contributed by atoms with Crippen LogP contribution < -0.4 is 0 Å². The second kappa shape index (κ2) is 7.97. The normalized spacial score (nSPS) is 33.0. The molecule has 1 heterocycles. The van der Waals surface area contributed by atoms with Crippen molar-refractivity contribution in [2.75, 3.05) is 26.3 Å². The Bertz CT molecular complexity index is 321. The average molecular weight is 280 g/mol. The first-order valence-electron chi connectivity index (χ1n) is 8.14. The van der Waals surface area contributed by atoms with Crippen molar-refractivity contribution in [1.29, 1.82) is 5.26 Å². The van der Waals surface area contributed by atoms with Crippen LogP contribution in [0.5, 0.6) is 0 Å². The first-order valence-corrected chi connectivity index (χ1v) is 8.14. The zero-order valence-electron chi connectivity index (χ0n) is 12.6. The fraction of sp³-hybridized carbons (Fsp3) is 0.938. The standard InChI is InChI=1S/C16H28N2O2/c1-2-13-3-4-14(12-17)16(11-13)18-7-5-15(6-8-18)20-10-9-19/h13-16,19H,2-11H2,1H3. The molecule has 4 heteroatoms. The lowest BCUT2D eigenvalue weighted by Crippen LogP contribution is -2.48. The Hall–Kier alpha value is -0.630. The fourth-order valence-corrected chi connectivity index (χ4v) is 3.75. The van der Waals surface area contributed by atoms with Gasteiger partial charge in [-0.15, -0.1) is 0 Å². The first kappa shape index (κ1) is 15.8. The molecule has 1 N–H and O–H groups in total. The molecule has 1 aliphatic heterocycles. The predicted molar refractivity (Wildman–Crippen MR) is 78.2 cm³/mol. The molecule has 2 rings (SSSR count). The van der Waals surface area contributed by atoms with Crippen LogP contribution >= 0.6 is 0 Å². The van der Waals surface area contributed by atoms with Crippen molar-refractivity contribution in [3.05, 3.63) is 0 Å². The van der Waals surface area contributed by atoms with E-state index in [2.05, 4.69) is 17.9 Å². The summed E-state index contributed by atoms with van der Waals surface area (Å²) >= 11 is 0. The number of hydrogen-bond acceptors (Lipinski definition) is 4. The number of piperidine rings is 1. The van der Waals surface area contributed by atoms with Crippen LogP contribution in [0, 0.1) is 23.2 Å². The van der Waals surface area contributed by atoms with E-state index in [1.165, 1.54) is 19.3 Å². The van der Waals surface area contributed by atoms with Crippen molar-refractivity contribution < 1.29 is 9.84 Å². The third-order valence-electron chi connectivity index (χ3n) is 5.06. The van der Waals surface area contributed by atoms with E-state index in [-0.39, 0.29) is 12.5 Å². The highest BCUT2D eigenvalue weighted by Gasteiger charge is 2.35. The molecule has 2 aliphatic rings. The van der Waals surface area contributed by atoms with Gasteiger partial charge in [-0.2, -0.15) is 5.26 Å². The first-order chi connectivity index (χ1) is 9.78. The summed E-state index contributed by atoms with van der Waals surface area (Å²) < 4.78 is 5.62. The number of aliphatic hydroxyl groups is 1. The lowest BCUT2D eigenvalue weighted by molar-refractivity contribution is -0.0248. The minimum atomic E-state index is 0.109. The third kappa shape index (κ3) is 3.94. The van der Waals surface area contributed by atoms with Crippen molar-refractivity contribution in [2.45, 2.75) is 57.6 Å². The molecule has 0 aromatic rings. The van der Waals surface area contributed by atoms with Gasteiger partial charge >= 0.3 is 0 Å². The minimum absolute atomic E-state index is 0.109. The minimum Gasteiger partial charge on any atom is -0.394 e. The summed E-state index contributed by atoms with van der Waals surface area (Å²) in [6, 6.07) is 2.99. The summed E-state index contributed by atoms with van der Waals surface area (Å²) in [7, 11) is 0. The van der Waals surface area contributed by atoms with Crippen LogP contribution in [-0.2, 0) is 4.74 Å². The molecule has 0 aromatic carbocycles. The van der Waals surface area contributed by atoms with Crippen molar-refractivity contribution in [3.63, 3.8) is 0 Å². The highest BCUT2D eigenvalue weighted by atomic mass is 16.5. The maximum Gasteiger partial charge on any atom is 0.0701 e. The number of nitrogens with zero attached hydrogens (tertiary/aromatic N) is 2. The Labute approximate surface area is 122 Å². The lowest BCUT2D eigenvalue weighted by atomic mass is 9.76. The van der Waals surface area contributed by atoms with Gasteiger partial charge in [0.2, 0.25) is 0 Å². The molecule has 0 amide bonds. The van der Waals surface area contributed by atoms with E-state index < -0.39 is 0 Å². The third-order valence-corrected chi connectivity index (χ3v) is 5.06. The molecule has 0 bridgehead atoms.